The Hall–Kier alpha value is -1.32. The first-order chi connectivity index (χ1) is 6.08. The highest BCUT2D eigenvalue weighted by Gasteiger charge is 2.44. The average Bonchev–Trinajstić information content (AvgIpc) is 1.85. The molecular formula is C5H7F3N2O3S. The molecule has 0 amide bonds. The molecule has 0 aromatic carbocycles. The molecule has 0 aliphatic rings. The number of nitriles is 2. The molecule has 0 aliphatic carbocycles. The molecule has 82 valence electrons. The van der Waals surface area contributed by atoms with Gasteiger partial charge in [0.2, 0.25) is 0 Å². The molecule has 0 saturated carbocycles. The molecule has 0 fully saturated rings. The van der Waals surface area contributed by atoms with Crippen LogP contribution in [0.15, 0.2) is 0 Å². The summed E-state index contributed by atoms with van der Waals surface area (Å²) < 4.78 is 57.5. The topological polar surface area (TPSA) is 102 Å². The predicted octanol–water partition coefficient (Wildman–Crippen LogP) is 1.45. The van der Waals surface area contributed by atoms with Crippen LogP contribution < -0.4 is 0 Å². The van der Waals surface area contributed by atoms with Crippen LogP contribution in [0.1, 0.15) is 13.8 Å². The van der Waals surface area contributed by atoms with E-state index in [1.165, 1.54) is 13.8 Å². The Morgan fingerprint density at radius 1 is 1.14 bits per heavy atom. The molecule has 5 nitrogen and oxygen atoms in total. The van der Waals surface area contributed by atoms with Crippen molar-refractivity contribution in [1.82, 2.24) is 0 Å². The number of nitrogens with zero attached hydrogens (tertiary/aromatic N) is 2. The largest absolute Gasteiger partial charge is 0.522 e. The highest BCUT2D eigenvalue weighted by atomic mass is 32.2. The Bertz CT molecular complexity index is 297. The lowest BCUT2D eigenvalue weighted by Crippen LogP contribution is -2.21. The molecule has 0 radical (unpaired) electrons. The van der Waals surface area contributed by atoms with Crippen molar-refractivity contribution in [3.8, 4) is 12.1 Å². The van der Waals surface area contributed by atoms with Crippen molar-refractivity contribution in [2.45, 2.75) is 19.4 Å². The SMILES string of the molecule is CC#N.CC#N.O=S(=O)(O)C(F)(F)F. The molecule has 9 heteroatoms. The highest BCUT2D eigenvalue weighted by molar-refractivity contribution is 7.86. The fourth-order valence-electron chi connectivity index (χ4n) is 0. The van der Waals surface area contributed by atoms with Gasteiger partial charge in [0.15, 0.2) is 0 Å². The van der Waals surface area contributed by atoms with Crippen molar-refractivity contribution in [1.29, 1.82) is 10.5 Å². The molecule has 0 rings (SSSR count). The van der Waals surface area contributed by atoms with Crippen molar-refractivity contribution in [2.24, 2.45) is 0 Å². The molecule has 0 heterocycles. The zero-order chi connectivity index (χ0) is 12.4. The van der Waals surface area contributed by atoms with E-state index in [1.807, 2.05) is 0 Å². The van der Waals surface area contributed by atoms with Gasteiger partial charge in [0, 0.05) is 13.8 Å². The Labute approximate surface area is 79.1 Å². The van der Waals surface area contributed by atoms with Gasteiger partial charge in [0.25, 0.3) is 0 Å². The monoisotopic (exact) mass is 232 g/mol. The quantitative estimate of drug-likeness (QED) is 0.503. The number of rotatable bonds is 0. The summed E-state index contributed by atoms with van der Waals surface area (Å²) in [6.45, 7) is 2.86. The van der Waals surface area contributed by atoms with Gasteiger partial charge in [0.1, 0.15) is 0 Å². The van der Waals surface area contributed by atoms with Crippen molar-refractivity contribution >= 4 is 10.1 Å². The lowest BCUT2D eigenvalue weighted by atomic mass is 11.0. The van der Waals surface area contributed by atoms with Crippen LogP contribution in [0.4, 0.5) is 13.2 Å². The maximum absolute atomic E-state index is 10.7. The van der Waals surface area contributed by atoms with E-state index in [9.17, 15) is 13.2 Å². The van der Waals surface area contributed by atoms with E-state index < -0.39 is 15.6 Å². The molecule has 0 spiro atoms. The van der Waals surface area contributed by atoms with Crippen LogP contribution >= 0.6 is 0 Å². The summed E-state index contributed by atoms with van der Waals surface area (Å²) in [7, 11) is -5.84. The minimum atomic E-state index is -5.84. The normalized spacial score (nSPS) is 9.14. The molecule has 1 N–H and O–H groups in total. The van der Waals surface area contributed by atoms with Crippen molar-refractivity contribution < 1.29 is 26.1 Å². The van der Waals surface area contributed by atoms with Gasteiger partial charge in [0.05, 0.1) is 12.1 Å². The Morgan fingerprint density at radius 3 is 1.21 bits per heavy atom. The van der Waals surface area contributed by atoms with Crippen LogP contribution in [0.2, 0.25) is 0 Å². The summed E-state index contributed by atoms with van der Waals surface area (Å²) in [5.41, 5.74) is -5.53. The number of hydrogen-bond donors (Lipinski definition) is 1. The second kappa shape index (κ2) is 8.29. The summed E-state index contributed by atoms with van der Waals surface area (Å²) >= 11 is 0. The molecule has 0 unspecified atom stereocenters. The zero-order valence-corrected chi connectivity index (χ0v) is 8.02. The van der Waals surface area contributed by atoms with E-state index in [4.69, 9.17) is 23.5 Å². The minimum absolute atomic E-state index is 1.43. The maximum atomic E-state index is 10.7. The van der Waals surface area contributed by atoms with Gasteiger partial charge in [-0.15, -0.1) is 0 Å². The summed E-state index contributed by atoms with van der Waals surface area (Å²) in [4.78, 5) is 0. The van der Waals surface area contributed by atoms with Gasteiger partial charge in [-0.05, 0) is 0 Å². The van der Waals surface area contributed by atoms with Crippen molar-refractivity contribution in [3.63, 3.8) is 0 Å². The fraction of sp³-hybridized carbons (Fsp3) is 0.600. The van der Waals surface area contributed by atoms with Gasteiger partial charge in [-0.25, -0.2) is 0 Å². The first-order valence-electron chi connectivity index (χ1n) is 2.73. The van der Waals surface area contributed by atoms with Crippen LogP contribution in [0, 0.1) is 22.7 Å². The summed E-state index contributed by atoms with van der Waals surface area (Å²) in [5.74, 6) is 0. The Morgan fingerprint density at radius 2 is 1.21 bits per heavy atom. The smallest absolute Gasteiger partial charge is 0.279 e. The number of alkyl halides is 3. The molecule has 0 aromatic rings. The fourth-order valence-corrected chi connectivity index (χ4v) is 0. The standard InChI is InChI=1S/2C2H3N.CHF3O3S/c2*1-2-3;2-1(3,4)8(5,6)7/h2*1H3;(H,5,6,7). The van der Waals surface area contributed by atoms with Gasteiger partial charge in [-0.2, -0.15) is 32.1 Å². The van der Waals surface area contributed by atoms with E-state index in [0.29, 0.717) is 0 Å². The van der Waals surface area contributed by atoms with Gasteiger partial charge < -0.3 is 0 Å². The lowest BCUT2D eigenvalue weighted by Gasteiger charge is -1.97. The molecule has 0 atom stereocenters. The van der Waals surface area contributed by atoms with Crippen molar-refractivity contribution in [2.75, 3.05) is 0 Å². The third-order valence-corrected chi connectivity index (χ3v) is 0.877. The molecule has 0 aromatic heterocycles. The van der Waals surface area contributed by atoms with Crippen molar-refractivity contribution in [3.05, 3.63) is 0 Å². The Kier molecular flexibility index (Phi) is 10.9. The van der Waals surface area contributed by atoms with E-state index in [1.54, 1.807) is 12.1 Å². The highest BCUT2D eigenvalue weighted by Crippen LogP contribution is 2.20. The maximum Gasteiger partial charge on any atom is 0.522 e. The summed E-state index contributed by atoms with van der Waals surface area (Å²) in [5, 5.41) is 14.6. The molecule has 0 aliphatic heterocycles. The van der Waals surface area contributed by atoms with Crippen LogP contribution in [-0.4, -0.2) is 18.5 Å². The Balaban J connectivity index is -0.000000168. The second-order valence-corrected chi connectivity index (χ2v) is 2.78. The van der Waals surface area contributed by atoms with Gasteiger partial charge in [-0.3, -0.25) is 4.55 Å². The van der Waals surface area contributed by atoms with Crippen LogP contribution in [-0.2, 0) is 10.1 Å². The number of hydrogen-bond acceptors (Lipinski definition) is 4. The summed E-state index contributed by atoms with van der Waals surface area (Å²) in [6, 6.07) is 3.50. The molecule has 0 bridgehead atoms. The van der Waals surface area contributed by atoms with E-state index in [0.717, 1.165) is 0 Å². The molecule has 0 saturated heterocycles. The first kappa shape index (κ1) is 18.5. The third kappa shape index (κ3) is 17.0. The summed E-state index contributed by atoms with van der Waals surface area (Å²) in [6.07, 6.45) is 0. The lowest BCUT2D eigenvalue weighted by molar-refractivity contribution is -0.0510. The average molecular weight is 232 g/mol. The van der Waals surface area contributed by atoms with E-state index in [2.05, 4.69) is 0 Å². The zero-order valence-electron chi connectivity index (χ0n) is 7.20. The molecule has 14 heavy (non-hydrogen) atoms. The van der Waals surface area contributed by atoms with Gasteiger partial charge >= 0.3 is 15.6 Å². The van der Waals surface area contributed by atoms with E-state index >= 15 is 0 Å². The third-order valence-electron chi connectivity index (χ3n) is 0.292. The van der Waals surface area contributed by atoms with Gasteiger partial charge in [-0.1, -0.05) is 0 Å². The number of halogens is 3. The molecular weight excluding hydrogens is 225 g/mol. The van der Waals surface area contributed by atoms with E-state index in [-0.39, 0.29) is 0 Å². The van der Waals surface area contributed by atoms with Crippen LogP contribution in [0.3, 0.4) is 0 Å². The predicted molar refractivity (Wildman–Crippen MR) is 40.2 cm³/mol. The second-order valence-electron chi connectivity index (χ2n) is 1.37. The van der Waals surface area contributed by atoms with Crippen LogP contribution in [0.5, 0.6) is 0 Å². The minimum Gasteiger partial charge on any atom is -0.279 e. The van der Waals surface area contributed by atoms with Crippen LogP contribution in [0.25, 0.3) is 0 Å². The first-order valence-corrected chi connectivity index (χ1v) is 4.17.